The maximum Gasteiger partial charge on any atom is 0.134 e. The van der Waals surface area contributed by atoms with Crippen LogP contribution in [-0.4, -0.2) is 16.6 Å². The number of rotatable bonds is 3. The van der Waals surface area contributed by atoms with Gasteiger partial charge in [-0.15, -0.1) is 0 Å². The fraction of sp³-hybridized carbons (Fsp3) is 0.389. The molecule has 114 valence electrons. The lowest BCUT2D eigenvalue weighted by Gasteiger charge is -2.33. The zero-order valence-electron chi connectivity index (χ0n) is 12.8. The topological polar surface area (TPSA) is 42.4 Å². The Morgan fingerprint density at radius 3 is 2.95 bits per heavy atom. The lowest BCUT2D eigenvalue weighted by atomic mass is 9.99. The normalized spacial score (nSPS) is 19.8. The van der Waals surface area contributed by atoms with Gasteiger partial charge in [0.25, 0.3) is 0 Å². The van der Waals surface area contributed by atoms with Gasteiger partial charge in [0.1, 0.15) is 22.8 Å². The van der Waals surface area contributed by atoms with E-state index < -0.39 is 0 Å². The number of nitrogens with zero attached hydrogens (tertiary/aromatic N) is 2. The van der Waals surface area contributed by atoms with Gasteiger partial charge in [-0.3, -0.25) is 4.90 Å². The average Bonchev–Trinajstić information content (AvgIpc) is 3.13. The number of fused-ring (bicyclic) bond motifs is 1. The predicted molar refractivity (Wildman–Crippen MR) is 84.5 cm³/mol. The number of aryl methyl sites for hydroxylation is 1. The van der Waals surface area contributed by atoms with Gasteiger partial charge in [0.2, 0.25) is 0 Å². The van der Waals surface area contributed by atoms with Crippen molar-refractivity contribution in [3.63, 3.8) is 0 Å². The molecule has 1 atom stereocenters. The monoisotopic (exact) mass is 296 g/mol. The standard InChI is InChI=1S/C18H20N2O2/c1-13-10-16(19-22-13)17-7-4-5-9-20(17)12-15-11-14-6-2-3-8-18(14)21-15/h2-3,6,8,10-11,17H,4-5,7,9,12H2,1H3/t17-/m1/s1. The molecule has 1 fully saturated rings. The lowest BCUT2D eigenvalue weighted by molar-refractivity contribution is 0.125. The molecule has 0 aliphatic carbocycles. The summed E-state index contributed by atoms with van der Waals surface area (Å²) in [6.45, 7) is 3.85. The van der Waals surface area contributed by atoms with Gasteiger partial charge in [0.05, 0.1) is 12.6 Å². The summed E-state index contributed by atoms with van der Waals surface area (Å²) in [7, 11) is 0. The SMILES string of the molecule is Cc1cc([C@H]2CCCCN2Cc2cc3ccccc3o2)no1. The number of para-hydroxylation sites is 1. The Kier molecular flexibility index (Phi) is 3.47. The smallest absolute Gasteiger partial charge is 0.134 e. The van der Waals surface area contributed by atoms with Crippen LogP contribution in [0.4, 0.5) is 0 Å². The van der Waals surface area contributed by atoms with Crippen molar-refractivity contribution in [3.05, 3.63) is 53.6 Å². The number of piperidine rings is 1. The van der Waals surface area contributed by atoms with Crippen molar-refractivity contribution < 1.29 is 8.94 Å². The summed E-state index contributed by atoms with van der Waals surface area (Å²) in [5.41, 5.74) is 2.01. The molecule has 1 aliphatic rings. The molecule has 4 nitrogen and oxygen atoms in total. The highest BCUT2D eigenvalue weighted by Crippen LogP contribution is 2.32. The molecule has 0 radical (unpaired) electrons. The van der Waals surface area contributed by atoms with E-state index in [1.165, 1.54) is 18.2 Å². The highest BCUT2D eigenvalue weighted by Gasteiger charge is 2.27. The molecule has 0 saturated carbocycles. The maximum atomic E-state index is 5.97. The number of likely N-dealkylation sites (tertiary alicyclic amines) is 1. The minimum atomic E-state index is 0.333. The van der Waals surface area contributed by atoms with Crippen LogP contribution in [0.5, 0.6) is 0 Å². The lowest BCUT2D eigenvalue weighted by Crippen LogP contribution is -2.33. The molecule has 22 heavy (non-hydrogen) atoms. The third-order valence-corrected chi connectivity index (χ3v) is 4.44. The van der Waals surface area contributed by atoms with Gasteiger partial charge in [0.15, 0.2) is 0 Å². The molecule has 3 heterocycles. The molecule has 0 spiro atoms. The van der Waals surface area contributed by atoms with Gasteiger partial charge in [-0.2, -0.15) is 0 Å². The molecule has 0 bridgehead atoms. The van der Waals surface area contributed by atoms with E-state index in [0.717, 1.165) is 42.3 Å². The summed E-state index contributed by atoms with van der Waals surface area (Å²) >= 11 is 0. The molecule has 3 aromatic rings. The summed E-state index contributed by atoms with van der Waals surface area (Å²) in [5, 5.41) is 5.40. The Bertz CT molecular complexity index is 741. The molecular weight excluding hydrogens is 276 g/mol. The second kappa shape index (κ2) is 5.61. The molecule has 1 aromatic carbocycles. The number of benzene rings is 1. The molecule has 1 saturated heterocycles. The van der Waals surface area contributed by atoms with Crippen LogP contribution in [0.1, 0.15) is 42.5 Å². The number of hydrogen-bond acceptors (Lipinski definition) is 4. The minimum Gasteiger partial charge on any atom is -0.460 e. The predicted octanol–water partition coefficient (Wildman–Crippen LogP) is 4.46. The molecule has 0 N–H and O–H groups in total. The highest BCUT2D eigenvalue weighted by molar-refractivity contribution is 5.77. The third-order valence-electron chi connectivity index (χ3n) is 4.44. The summed E-state index contributed by atoms with van der Waals surface area (Å²) in [6, 6.07) is 12.7. The third kappa shape index (κ3) is 2.55. The fourth-order valence-corrected chi connectivity index (χ4v) is 3.37. The number of aromatic nitrogens is 1. The van der Waals surface area contributed by atoms with E-state index in [4.69, 9.17) is 8.94 Å². The van der Waals surface area contributed by atoms with Crippen molar-refractivity contribution in [2.75, 3.05) is 6.54 Å². The Morgan fingerprint density at radius 1 is 1.23 bits per heavy atom. The molecule has 4 heteroatoms. The van der Waals surface area contributed by atoms with Crippen LogP contribution in [0, 0.1) is 6.92 Å². The second-order valence-electron chi connectivity index (χ2n) is 6.10. The summed E-state index contributed by atoms with van der Waals surface area (Å²) < 4.78 is 11.2. The maximum absolute atomic E-state index is 5.97. The van der Waals surface area contributed by atoms with Gasteiger partial charge >= 0.3 is 0 Å². The van der Waals surface area contributed by atoms with Crippen molar-refractivity contribution in [2.45, 2.75) is 38.8 Å². The first-order valence-electron chi connectivity index (χ1n) is 7.94. The Balaban J connectivity index is 1.59. The van der Waals surface area contributed by atoms with Crippen molar-refractivity contribution >= 4 is 11.0 Å². The van der Waals surface area contributed by atoms with Gasteiger partial charge < -0.3 is 8.94 Å². The van der Waals surface area contributed by atoms with Crippen molar-refractivity contribution in [3.8, 4) is 0 Å². The molecule has 0 amide bonds. The van der Waals surface area contributed by atoms with E-state index in [2.05, 4.69) is 28.3 Å². The van der Waals surface area contributed by atoms with E-state index in [9.17, 15) is 0 Å². The van der Waals surface area contributed by atoms with Crippen LogP contribution < -0.4 is 0 Å². The van der Waals surface area contributed by atoms with Crippen LogP contribution >= 0.6 is 0 Å². The van der Waals surface area contributed by atoms with E-state index in [1.54, 1.807) is 0 Å². The largest absolute Gasteiger partial charge is 0.460 e. The molecular formula is C18H20N2O2. The van der Waals surface area contributed by atoms with Crippen LogP contribution in [0.25, 0.3) is 11.0 Å². The Labute approximate surface area is 129 Å². The van der Waals surface area contributed by atoms with Crippen molar-refractivity contribution in [2.24, 2.45) is 0 Å². The van der Waals surface area contributed by atoms with Crippen LogP contribution in [-0.2, 0) is 6.54 Å². The van der Waals surface area contributed by atoms with Gasteiger partial charge in [-0.05, 0) is 38.4 Å². The molecule has 1 aliphatic heterocycles. The first kappa shape index (κ1) is 13.6. The van der Waals surface area contributed by atoms with E-state index in [0.29, 0.717) is 6.04 Å². The van der Waals surface area contributed by atoms with Gasteiger partial charge in [0, 0.05) is 11.5 Å². The first-order chi connectivity index (χ1) is 10.8. The number of hydrogen-bond donors (Lipinski definition) is 0. The van der Waals surface area contributed by atoms with Crippen LogP contribution in [0.3, 0.4) is 0 Å². The van der Waals surface area contributed by atoms with Crippen LogP contribution in [0.2, 0.25) is 0 Å². The van der Waals surface area contributed by atoms with Gasteiger partial charge in [-0.1, -0.05) is 29.8 Å². The zero-order chi connectivity index (χ0) is 14.9. The minimum absolute atomic E-state index is 0.333. The summed E-state index contributed by atoms with van der Waals surface area (Å²) in [4.78, 5) is 2.46. The van der Waals surface area contributed by atoms with Crippen molar-refractivity contribution in [1.82, 2.24) is 10.1 Å². The fourth-order valence-electron chi connectivity index (χ4n) is 3.37. The quantitative estimate of drug-likeness (QED) is 0.716. The van der Waals surface area contributed by atoms with E-state index in [1.807, 2.05) is 25.1 Å². The molecule has 4 rings (SSSR count). The number of furan rings is 1. The highest BCUT2D eigenvalue weighted by atomic mass is 16.5. The average molecular weight is 296 g/mol. The Morgan fingerprint density at radius 2 is 2.14 bits per heavy atom. The van der Waals surface area contributed by atoms with Crippen LogP contribution in [0.15, 0.2) is 45.3 Å². The van der Waals surface area contributed by atoms with Gasteiger partial charge in [-0.25, -0.2) is 0 Å². The summed E-state index contributed by atoms with van der Waals surface area (Å²) in [5.74, 6) is 1.90. The summed E-state index contributed by atoms with van der Waals surface area (Å²) in [6.07, 6.45) is 3.60. The Hall–Kier alpha value is -2.07. The first-order valence-corrected chi connectivity index (χ1v) is 7.94. The molecule has 2 aromatic heterocycles. The molecule has 0 unspecified atom stereocenters. The van der Waals surface area contributed by atoms with Crippen molar-refractivity contribution in [1.29, 1.82) is 0 Å². The second-order valence-corrected chi connectivity index (χ2v) is 6.10. The zero-order valence-corrected chi connectivity index (χ0v) is 12.8. The van der Waals surface area contributed by atoms with E-state index >= 15 is 0 Å². The van der Waals surface area contributed by atoms with E-state index in [-0.39, 0.29) is 0 Å².